The van der Waals surface area contributed by atoms with Crippen molar-refractivity contribution in [2.45, 2.75) is 34.2 Å². The third kappa shape index (κ3) is 5.67. The van der Waals surface area contributed by atoms with Gasteiger partial charge in [0, 0.05) is 13.6 Å². The van der Waals surface area contributed by atoms with Crippen molar-refractivity contribution in [2.75, 3.05) is 32.6 Å². The number of amides is 2. The number of thiophene rings is 1. The van der Waals surface area contributed by atoms with Gasteiger partial charge in [-0.2, -0.15) is 0 Å². The average Bonchev–Trinajstić information content (AvgIpc) is 2.99. The van der Waals surface area contributed by atoms with E-state index in [4.69, 9.17) is 4.74 Å². The zero-order valence-electron chi connectivity index (χ0n) is 18.3. The van der Waals surface area contributed by atoms with E-state index in [0.717, 1.165) is 16.9 Å². The number of aryl methyl sites for hydroxylation is 2. The number of carbonyl (C=O) groups is 3. The van der Waals surface area contributed by atoms with E-state index in [1.807, 2.05) is 18.9 Å². The van der Waals surface area contributed by atoms with Gasteiger partial charge < -0.3 is 15.4 Å². The van der Waals surface area contributed by atoms with E-state index in [-0.39, 0.29) is 30.5 Å². The molecular weight excluding hydrogens is 402 g/mol. The Morgan fingerprint density at radius 2 is 1.87 bits per heavy atom. The molecule has 2 N–H and O–H groups in total. The molecule has 0 saturated heterocycles. The maximum absolute atomic E-state index is 12.6. The highest BCUT2D eigenvalue weighted by atomic mass is 32.1. The molecule has 2 rings (SSSR count). The lowest BCUT2D eigenvalue weighted by Gasteiger charge is -2.18. The molecule has 1 aromatic carbocycles. The zero-order chi connectivity index (χ0) is 22.4. The SMILES string of the molecule is CCOC(=O)c1c(NC(=O)CN(C)Cc2ccc(C)cc2C)sc(C(=O)NC)c1C. The van der Waals surface area contributed by atoms with Crippen molar-refractivity contribution >= 4 is 34.1 Å². The number of nitrogens with one attached hydrogen (secondary N) is 2. The molecule has 0 aliphatic rings. The highest BCUT2D eigenvalue weighted by molar-refractivity contribution is 7.18. The van der Waals surface area contributed by atoms with Crippen molar-refractivity contribution in [1.82, 2.24) is 10.2 Å². The van der Waals surface area contributed by atoms with Crippen molar-refractivity contribution in [2.24, 2.45) is 0 Å². The molecule has 0 aliphatic carbocycles. The van der Waals surface area contributed by atoms with Crippen LogP contribution in [0.25, 0.3) is 0 Å². The summed E-state index contributed by atoms with van der Waals surface area (Å²) in [6.07, 6.45) is 0. The number of nitrogens with zero attached hydrogens (tertiary/aromatic N) is 1. The topological polar surface area (TPSA) is 87.7 Å². The Hall–Kier alpha value is -2.71. The summed E-state index contributed by atoms with van der Waals surface area (Å²) in [6.45, 7) is 8.45. The van der Waals surface area contributed by atoms with E-state index in [1.165, 1.54) is 18.2 Å². The molecule has 0 spiro atoms. The molecule has 2 amide bonds. The largest absolute Gasteiger partial charge is 0.462 e. The Kier molecular flexibility index (Phi) is 8.14. The van der Waals surface area contributed by atoms with Gasteiger partial charge in [0.05, 0.1) is 23.6 Å². The van der Waals surface area contributed by atoms with E-state index < -0.39 is 5.97 Å². The number of hydrogen-bond acceptors (Lipinski definition) is 6. The summed E-state index contributed by atoms with van der Waals surface area (Å²) in [5.74, 6) is -1.13. The predicted molar refractivity (Wildman–Crippen MR) is 119 cm³/mol. The van der Waals surface area contributed by atoms with Gasteiger partial charge in [0.1, 0.15) is 5.00 Å². The first-order chi connectivity index (χ1) is 14.2. The normalized spacial score (nSPS) is 10.8. The fraction of sp³-hybridized carbons (Fsp3) is 0.409. The van der Waals surface area contributed by atoms with E-state index in [1.54, 1.807) is 13.8 Å². The summed E-state index contributed by atoms with van der Waals surface area (Å²) in [4.78, 5) is 39.5. The summed E-state index contributed by atoms with van der Waals surface area (Å²) in [5, 5.41) is 5.67. The summed E-state index contributed by atoms with van der Waals surface area (Å²) < 4.78 is 5.11. The number of likely N-dealkylation sites (N-methyl/N-ethyl adjacent to an activating group) is 1. The molecule has 0 fully saturated rings. The molecule has 0 atom stereocenters. The van der Waals surface area contributed by atoms with E-state index in [2.05, 4.69) is 35.8 Å². The first-order valence-corrected chi connectivity index (χ1v) is 10.6. The van der Waals surface area contributed by atoms with Gasteiger partial charge in [-0.15, -0.1) is 11.3 Å². The third-order valence-corrected chi connectivity index (χ3v) is 5.87. The molecule has 8 heteroatoms. The van der Waals surface area contributed by atoms with Crippen LogP contribution in [0.15, 0.2) is 18.2 Å². The number of carbonyl (C=O) groups excluding carboxylic acids is 3. The number of hydrogen-bond donors (Lipinski definition) is 2. The molecule has 0 bridgehead atoms. The maximum Gasteiger partial charge on any atom is 0.341 e. The third-order valence-electron chi connectivity index (χ3n) is 4.66. The first kappa shape index (κ1) is 23.6. The number of rotatable bonds is 8. The van der Waals surface area contributed by atoms with Crippen molar-refractivity contribution < 1.29 is 19.1 Å². The van der Waals surface area contributed by atoms with Crippen LogP contribution in [0.2, 0.25) is 0 Å². The van der Waals surface area contributed by atoms with Gasteiger partial charge in [0.15, 0.2) is 0 Å². The van der Waals surface area contributed by atoms with Crippen LogP contribution in [-0.2, 0) is 16.1 Å². The molecule has 162 valence electrons. The molecule has 1 aromatic heterocycles. The lowest BCUT2D eigenvalue weighted by molar-refractivity contribution is -0.117. The Morgan fingerprint density at radius 3 is 2.47 bits per heavy atom. The second-order valence-corrected chi connectivity index (χ2v) is 8.23. The van der Waals surface area contributed by atoms with Gasteiger partial charge in [-0.25, -0.2) is 4.79 Å². The monoisotopic (exact) mass is 431 g/mol. The molecule has 0 radical (unpaired) electrons. The fourth-order valence-corrected chi connectivity index (χ4v) is 4.32. The van der Waals surface area contributed by atoms with Crippen LogP contribution in [0.1, 0.15) is 49.2 Å². The molecule has 0 saturated carbocycles. The van der Waals surface area contributed by atoms with Crippen LogP contribution in [0.3, 0.4) is 0 Å². The number of esters is 1. The zero-order valence-corrected chi connectivity index (χ0v) is 19.2. The molecule has 0 unspecified atom stereocenters. The Balaban J connectivity index is 2.16. The average molecular weight is 432 g/mol. The minimum atomic E-state index is -0.555. The van der Waals surface area contributed by atoms with E-state index >= 15 is 0 Å². The number of benzene rings is 1. The number of anilines is 1. The predicted octanol–water partition coefficient (Wildman–Crippen LogP) is 3.28. The van der Waals surface area contributed by atoms with Crippen LogP contribution in [0.5, 0.6) is 0 Å². The molecule has 7 nitrogen and oxygen atoms in total. The smallest absolute Gasteiger partial charge is 0.341 e. The minimum Gasteiger partial charge on any atom is -0.462 e. The molecule has 2 aromatic rings. The minimum absolute atomic E-state index is 0.141. The van der Waals surface area contributed by atoms with Crippen molar-refractivity contribution in [3.05, 3.63) is 50.9 Å². The quantitative estimate of drug-likeness (QED) is 0.627. The van der Waals surface area contributed by atoms with Crippen molar-refractivity contribution in [3.8, 4) is 0 Å². The van der Waals surface area contributed by atoms with Crippen LogP contribution < -0.4 is 10.6 Å². The van der Waals surface area contributed by atoms with E-state index in [9.17, 15) is 14.4 Å². The second-order valence-electron chi connectivity index (χ2n) is 7.21. The first-order valence-electron chi connectivity index (χ1n) is 9.75. The maximum atomic E-state index is 12.6. The van der Waals surface area contributed by atoms with Gasteiger partial charge in [0.2, 0.25) is 5.91 Å². The van der Waals surface area contributed by atoms with Crippen LogP contribution >= 0.6 is 11.3 Å². The Morgan fingerprint density at radius 1 is 1.17 bits per heavy atom. The van der Waals surface area contributed by atoms with Crippen LogP contribution in [-0.4, -0.2) is 49.9 Å². The Labute approximate surface area is 181 Å². The number of ether oxygens (including phenoxy) is 1. The van der Waals surface area contributed by atoms with Gasteiger partial charge in [-0.1, -0.05) is 23.8 Å². The lowest BCUT2D eigenvalue weighted by Crippen LogP contribution is -2.30. The van der Waals surface area contributed by atoms with Gasteiger partial charge in [-0.05, 0) is 51.4 Å². The van der Waals surface area contributed by atoms with Gasteiger partial charge >= 0.3 is 5.97 Å². The second kappa shape index (κ2) is 10.4. The molecule has 30 heavy (non-hydrogen) atoms. The lowest BCUT2D eigenvalue weighted by atomic mass is 10.1. The Bertz CT molecular complexity index is 952. The standard InChI is InChI=1S/C22H29N3O4S/c1-7-29-22(28)18-15(4)19(20(27)23-5)30-21(18)24-17(26)12-25(6)11-16-9-8-13(2)10-14(16)3/h8-10H,7,11-12H2,1-6H3,(H,23,27)(H,24,26). The highest BCUT2D eigenvalue weighted by Crippen LogP contribution is 2.33. The van der Waals surface area contributed by atoms with E-state index in [0.29, 0.717) is 22.0 Å². The van der Waals surface area contributed by atoms with Gasteiger partial charge in [-0.3, -0.25) is 14.5 Å². The summed E-state index contributed by atoms with van der Waals surface area (Å²) >= 11 is 1.07. The molecule has 1 heterocycles. The molecule has 0 aliphatic heterocycles. The summed E-state index contributed by atoms with van der Waals surface area (Å²) in [7, 11) is 3.38. The van der Waals surface area contributed by atoms with Crippen LogP contribution in [0.4, 0.5) is 5.00 Å². The fourth-order valence-electron chi connectivity index (χ4n) is 3.16. The summed E-state index contributed by atoms with van der Waals surface area (Å²) in [5.41, 5.74) is 4.25. The summed E-state index contributed by atoms with van der Waals surface area (Å²) in [6, 6.07) is 6.23. The van der Waals surface area contributed by atoms with Crippen molar-refractivity contribution in [1.29, 1.82) is 0 Å². The van der Waals surface area contributed by atoms with Gasteiger partial charge in [0.25, 0.3) is 5.91 Å². The van der Waals surface area contributed by atoms with Crippen LogP contribution in [0, 0.1) is 20.8 Å². The molecular formula is C22H29N3O4S. The van der Waals surface area contributed by atoms with Crippen molar-refractivity contribution in [3.63, 3.8) is 0 Å². The highest BCUT2D eigenvalue weighted by Gasteiger charge is 2.26.